The molecule has 38 heavy (non-hydrogen) atoms. The van der Waals surface area contributed by atoms with Gasteiger partial charge in [-0.3, -0.25) is 0 Å². The number of urea groups is 1. The van der Waals surface area contributed by atoms with Gasteiger partial charge in [-0.15, -0.1) is 0 Å². The number of rotatable bonds is 6. The van der Waals surface area contributed by atoms with Crippen LogP contribution in [-0.4, -0.2) is 71.4 Å². The molecule has 2 aromatic heterocycles. The van der Waals surface area contributed by atoms with Crippen LogP contribution in [0, 0.1) is 0 Å². The minimum atomic E-state index is -0.658. The van der Waals surface area contributed by atoms with Crippen LogP contribution in [0.2, 0.25) is 0 Å². The zero-order chi connectivity index (χ0) is 26.6. The fraction of sp³-hybridized carbons (Fsp3) is 0.259. The zero-order valence-electron chi connectivity index (χ0n) is 21.2. The molecule has 0 radical (unpaired) electrons. The van der Waals surface area contributed by atoms with Gasteiger partial charge in [-0.25, -0.2) is 14.8 Å². The molecule has 1 aliphatic heterocycles. The minimum absolute atomic E-state index is 0.101. The van der Waals surface area contributed by atoms with E-state index in [4.69, 9.17) is 20.2 Å². The molecule has 10 nitrogen and oxygen atoms in total. The van der Waals surface area contributed by atoms with Crippen LogP contribution in [0.15, 0.2) is 60.7 Å². The number of ether oxygens (including phenoxy) is 2. The fourth-order valence-electron chi connectivity index (χ4n) is 4.47. The Morgan fingerprint density at radius 1 is 0.947 bits per heavy atom. The first-order chi connectivity index (χ1) is 18.5. The molecule has 0 bridgehead atoms. The molecule has 1 saturated heterocycles. The summed E-state index contributed by atoms with van der Waals surface area (Å²) in [5.74, 6) is 1.92. The third-order valence-corrected chi connectivity index (χ3v) is 6.44. The largest absolute Gasteiger partial charge is 0.493 e. The molecule has 4 aromatic rings. The van der Waals surface area contributed by atoms with Crippen LogP contribution in [0.4, 0.5) is 21.0 Å². The van der Waals surface area contributed by atoms with E-state index in [0.29, 0.717) is 60.2 Å². The van der Waals surface area contributed by atoms with E-state index in [-0.39, 0.29) is 17.6 Å². The van der Waals surface area contributed by atoms with Gasteiger partial charge in [-0.1, -0.05) is 34.8 Å². The number of pyridine rings is 1. The van der Waals surface area contributed by atoms with Crippen molar-refractivity contribution in [2.45, 2.75) is 6.54 Å². The maximum Gasteiger partial charge on any atom is 0.348 e. The van der Waals surface area contributed by atoms with Crippen molar-refractivity contribution in [1.82, 2.24) is 25.0 Å². The predicted molar refractivity (Wildman–Crippen MR) is 143 cm³/mol. The van der Waals surface area contributed by atoms with Gasteiger partial charge >= 0.3 is 6.03 Å². The molecule has 1 aliphatic rings. The van der Waals surface area contributed by atoms with Gasteiger partial charge in [0.05, 0.1) is 32.0 Å². The molecule has 2 amide bonds. The van der Waals surface area contributed by atoms with Gasteiger partial charge in [-0.2, -0.15) is 10.1 Å². The zero-order valence-corrected chi connectivity index (χ0v) is 21.2. The van der Waals surface area contributed by atoms with Crippen LogP contribution >= 0.6 is 0 Å². The lowest BCUT2D eigenvalue weighted by atomic mass is 10.1. The first-order valence-electron chi connectivity index (χ1n) is 12.1. The molecule has 0 aliphatic carbocycles. The second kappa shape index (κ2) is 10.8. The van der Waals surface area contributed by atoms with Crippen molar-refractivity contribution in [3.05, 3.63) is 66.2 Å². The van der Waals surface area contributed by atoms with Gasteiger partial charge < -0.3 is 25.0 Å². The molecular weight excluding hydrogens is 489 g/mol. The van der Waals surface area contributed by atoms with Gasteiger partial charge in [0.2, 0.25) is 5.95 Å². The topological polar surface area (TPSA) is 110 Å². The summed E-state index contributed by atoms with van der Waals surface area (Å²) in [4.78, 5) is 29.9. The third-order valence-electron chi connectivity index (χ3n) is 6.44. The van der Waals surface area contributed by atoms with Crippen molar-refractivity contribution in [3.8, 4) is 22.8 Å². The maximum atomic E-state index is 14.6. The highest BCUT2D eigenvalue weighted by Gasteiger charge is 2.27. The Hall–Kier alpha value is -4.67. The van der Waals surface area contributed by atoms with Gasteiger partial charge in [0, 0.05) is 31.7 Å². The number of methoxy groups -OCH3 is 2. The minimum Gasteiger partial charge on any atom is -0.493 e. The second-order valence-electron chi connectivity index (χ2n) is 8.80. The summed E-state index contributed by atoms with van der Waals surface area (Å²) in [7, 11) is 3.17. The lowest BCUT2D eigenvalue weighted by Gasteiger charge is -2.36. The molecule has 1 fully saturated rings. The van der Waals surface area contributed by atoms with Crippen LogP contribution in [0.1, 0.15) is 5.56 Å². The van der Waals surface area contributed by atoms with Crippen molar-refractivity contribution < 1.29 is 18.7 Å². The highest BCUT2D eigenvalue weighted by Crippen LogP contribution is 2.33. The molecule has 196 valence electrons. The number of hydrogen-bond acceptors (Lipinski definition) is 8. The quantitative estimate of drug-likeness (QED) is 0.383. The summed E-state index contributed by atoms with van der Waals surface area (Å²) in [5.41, 5.74) is 9.47. The second-order valence-corrected chi connectivity index (χ2v) is 8.80. The number of nitrogen functional groups attached to an aromatic ring is 1. The standard InChI is InChI=1S/C27H28FN7O3/c1-37-22-11-8-19(16-23(22)38-2)20-9-10-21-24(30-20)25(32-26(29)31-21)33-12-14-34(15-13-33)27(36)35(28)17-18-6-4-3-5-7-18/h3-11,16H,12-15,17H2,1-2H3,(H2,29,31,32). The number of halogens is 1. The van der Waals surface area contributed by atoms with Gasteiger partial charge in [0.25, 0.3) is 0 Å². The van der Waals surface area contributed by atoms with Gasteiger partial charge in [0.1, 0.15) is 5.52 Å². The monoisotopic (exact) mass is 517 g/mol. The van der Waals surface area contributed by atoms with E-state index in [1.165, 1.54) is 4.90 Å². The lowest BCUT2D eigenvalue weighted by molar-refractivity contribution is 0.0331. The summed E-state index contributed by atoms with van der Waals surface area (Å²) in [6.07, 6.45) is 0. The Bertz CT molecular complexity index is 1450. The number of piperazine rings is 1. The first-order valence-corrected chi connectivity index (χ1v) is 12.1. The van der Waals surface area contributed by atoms with E-state index in [0.717, 1.165) is 11.1 Å². The van der Waals surface area contributed by atoms with E-state index in [1.807, 2.05) is 53.4 Å². The normalized spacial score (nSPS) is 13.4. The number of benzene rings is 2. The van der Waals surface area contributed by atoms with Crippen LogP contribution in [0.25, 0.3) is 22.3 Å². The van der Waals surface area contributed by atoms with Crippen molar-refractivity contribution in [3.63, 3.8) is 0 Å². The Labute approximate surface area is 219 Å². The highest BCUT2D eigenvalue weighted by atomic mass is 19.2. The smallest absolute Gasteiger partial charge is 0.348 e. The summed E-state index contributed by atoms with van der Waals surface area (Å²) < 4.78 is 25.4. The summed E-state index contributed by atoms with van der Waals surface area (Å²) in [6, 6.07) is 17.7. The van der Waals surface area contributed by atoms with Crippen LogP contribution in [0.3, 0.4) is 0 Å². The van der Waals surface area contributed by atoms with Crippen molar-refractivity contribution in [2.75, 3.05) is 51.0 Å². The van der Waals surface area contributed by atoms with Gasteiger partial charge in [0.15, 0.2) is 17.3 Å². The molecule has 2 N–H and O–H groups in total. The van der Waals surface area contributed by atoms with Crippen LogP contribution in [-0.2, 0) is 6.54 Å². The maximum absolute atomic E-state index is 14.6. The molecule has 0 atom stereocenters. The van der Waals surface area contributed by atoms with Crippen molar-refractivity contribution in [2.24, 2.45) is 0 Å². The first kappa shape index (κ1) is 25.0. The Kier molecular flexibility index (Phi) is 7.07. The Balaban J connectivity index is 1.36. The van der Waals surface area contributed by atoms with Crippen molar-refractivity contribution in [1.29, 1.82) is 0 Å². The Morgan fingerprint density at radius 2 is 1.68 bits per heavy atom. The molecule has 3 heterocycles. The fourth-order valence-corrected chi connectivity index (χ4v) is 4.47. The molecule has 0 spiro atoms. The van der Waals surface area contributed by atoms with Gasteiger partial charge in [-0.05, 0) is 35.9 Å². The van der Waals surface area contributed by atoms with E-state index >= 15 is 0 Å². The Morgan fingerprint density at radius 3 is 2.39 bits per heavy atom. The number of nitrogens with two attached hydrogens (primary N) is 1. The number of carbonyl (C=O) groups is 1. The SMILES string of the molecule is COc1ccc(-c2ccc3nc(N)nc(N4CCN(C(=O)N(F)Cc5ccccc5)CC4)c3n2)cc1OC. The van der Waals surface area contributed by atoms with E-state index in [1.54, 1.807) is 26.4 Å². The van der Waals surface area contributed by atoms with E-state index in [9.17, 15) is 9.28 Å². The van der Waals surface area contributed by atoms with E-state index < -0.39 is 6.03 Å². The number of hydrogen-bond donors (Lipinski definition) is 1. The number of carbonyl (C=O) groups excluding carboxylic acids is 1. The summed E-state index contributed by atoms with van der Waals surface area (Å²) in [6.45, 7) is 1.44. The number of anilines is 2. The van der Waals surface area contributed by atoms with Crippen LogP contribution in [0.5, 0.6) is 11.5 Å². The van der Waals surface area contributed by atoms with Crippen LogP contribution < -0.4 is 20.1 Å². The molecule has 0 unspecified atom stereocenters. The summed E-state index contributed by atoms with van der Waals surface area (Å²) >= 11 is 0. The molecule has 0 saturated carbocycles. The third kappa shape index (κ3) is 5.08. The molecule has 11 heteroatoms. The molecular formula is C27H28FN7O3. The summed E-state index contributed by atoms with van der Waals surface area (Å²) in [5, 5.41) is 0.250. The number of nitrogens with zero attached hydrogens (tertiary/aromatic N) is 6. The number of amides is 2. The number of fused-ring (bicyclic) bond motifs is 1. The highest BCUT2D eigenvalue weighted by molar-refractivity contribution is 5.89. The molecule has 2 aromatic carbocycles. The average molecular weight is 518 g/mol. The average Bonchev–Trinajstić information content (AvgIpc) is 2.96. The number of aromatic nitrogens is 3. The van der Waals surface area contributed by atoms with E-state index in [2.05, 4.69) is 9.97 Å². The lowest BCUT2D eigenvalue weighted by Crippen LogP contribution is -2.51. The molecule has 5 rings (SSSR count). The predicted octanol–water partition coefficient (Wildman–Crippen LogP) is 3.92. The van der Waals surface area contributed by atoms with Crippen molar-refractivity contribution >= 4 is 28.8 Å².